The highest BCUT2D eigenvalue weighted by Crippen LogP contribution is 2.36. The summed E-state index contributed by atoms with van der Waals surface area (Å²) in [5.41, 5.74) is 0. The molecule has 1 saturated carbocycles. The Morgan fingerprint density at radius 1 is 1.45 bits per heavy atom. The molecule has 0 spiro atoms. The molecular weight excluding hydrogens is 156 g/mol. The molecule has 1 nitrogen and oxygen atoms in total. The molecule has 2 rings (SSSR count). The summed E-state index contributed by atoms with van der Waals surface area (Å²) >= 11 is 1.81. The van der Waals surface area contributed by atoms with Gasteiger partial charge in [0, 0.05) is 4.88 Å². The van der Waals surface area contributed by atoms with Gasteiger partial charge in [-0.3, -0.25) is 0 Å². The summed E-state index contributed by atoms with van der Waals surface area (Å²) in [6.07, 6.45) is 3.09. The predicted molar refractivity (Wildman–Crippen MR) is 46.9 cm³/mol. The standard InChI is InChI=1S/C9H12OS/c10-8-4-3-7(6-8)9-2-1-5-11-9/h1-2,5,7-8,10H,3-4,6H2. The molecule has 11 heavy (non-hydrogen) atoms. The maximum atomic E-state index is 9.30. The Morgan fingerprint density at radius 2 is 2.36 bits per heavy atom. The van der Waals surface area contributed by atoms with E-state index in [1.54, 1.807) is 0 Å². The molecule has 2 heteroatoms. The lowest BCUT2D eigenvalue weighted by Gasteiger charge is -2.04. The van der Waals surface area contributed by atoms with Crippen LogP contribution < -0.4 is 0 Å². The fourth-order valence-electron chi connectivity index (χ4n) is 1.74. The Bertz CT molecular complexity index is 217. The van der Waals surface area contributed by atoms with E-state index in [1.807, 2.05) is 11.3 Å². The maximum Gasteiger partial charge on any atom is 0.0546 e. The minimum Gasteiger partial charge on any atom is -0.393 e. The average molecular weight is 168 g/mol. The first-order chi connectivity index (χ1) is 5.36. The van der Waals surface area contributed by atoms with Gasteiger partial charge in [-0.15, -0.1) is 11.3 Å². The van der Waals surface area contributed by atoms with Gasteiger partial charge >= 0.3 is 0 Å². The summed E-state index contributed by atoms with van der Waals surface area (Å²) in [4.78, 5) is 1.45. The van der Waals surface area contributed by atoms with E-state index < -0.39 is 0 Å². The molecule has 1 aromatic heterocycles. The Labute approximate surface area is 70.7 Å². The van der Waals surface area contributed by atoms with E-state index in [-0.39, 0.29) is 6.10 Å². The second kappa shape index (κ2) is 2.95. The molecule has 0 amide bonds. The Morgan fingerprint density at radius 3 is 2.91 bits per heavy atom. The second-order valence-corrected chi connectivity index (χ2v) is 4.16. The van der Waals surface area contributed by atoms with Gasteiger partial charge in [0.25, 0.3) is 0 Å². The molecule has 0 saturated heterocycles. The fourth-order valence-corrected chi connectivity index (χ4v) is 2.62. The number of hydrogen-bond donors (Lipinski definition) is 1. The fraction of sp³-hybridized carbons (Fsp3) is 0.556. The SMILES string of the molecule is OC1CCC(c2cccs2)C1. The summed E-state index contributed by atoms with van der Waals surface area (Å²) in [7, 11) is 0. The van der Waals surface area contributed by atoms with Crippen LogP contribution in [0.2, 0.25) is 0 Å². The van der Waals surface area contributed by atoms with Crippen molar-refractivity contribution in [2.24, 2.45) is 0 Å². The van der Waals surface area contributed by atoms with Crippen molar-refractivity contribution < 1.29 is 5.11 Å². The van der Waals surface area contributed by atoms with Crippen LogP contribution in [-0.4, -0.2) is 11.2 Å². The summed E-state index contributed by atoms with van der Waals surface area (Å²) < 4.78 is 0. The van der Waals surface area contributed by atoms with Gasteiger partial charge in [0.2, 0.25) is 0 Å². The van der Waals surface area contributed by atoms with Crippen LogP contribution in [0.3, 0.4) is 0 Å². The molecule has 0 bridgehead atoms. The van der Waals surface area contributed by atoms with Gasteiger partial charge in [-0.2, -0.15) is 0 Å². The maximum absolute atomic E-state index is 9.30. The molecule has 0 radical (unpaired) electrons. The molecule has 2 atom stereocenters. The van der Waals surface area contributed by atoms with Crippen LogP contribution in [0.25, 0.3) is 0 Å². The van der Waals surface area contributed by atoms with Crippen molar-refractivity contribution in [3.8, 4) is 0 Å². The van der Waals surface area contributed by atoms with Gasteiger partial charge in [-0.25, -0.2) is 0 Å². The highest BCUT2D eigenvalue weighted by Gasteiger charge is 2.24. The molecule has 0 aromatic carbocycles. The van der Waals surface area contributed by atoms with Crippen LogP contribution in [0, 0.1) is 0 Å². The van der Waals surface area contributed by atoms with Gasteiger partial charge < -0.3 is 5.11 Å². The normalized spacial score (nSPS) is 31.0. The largest absolute Gasteiger partial charge is 0.393 e. The van der Waals surface area contributed by atoms with E-state index in [1.165, 1.54) is 11.3 Å². The van der Waals surface area contributed by atoms with Crippen LogP contribution in [0.4, 0.5) is 0 Å². The van der Waals surface area contributed by atoms with Crippen LogP contribution in [-0.2, 0) is 0 Å². The van der Waals surface area contributed by atoms with Gasteiger partial charge in [0.05, 0.1) is 6.10 Å². The van der Waals surface area contributed by atoms with Crippen molar-refractivity contribution in [1.82, 2.24) is 0 Å². The lowest BCUT2D eigenvalue weighted by Crippen LogP contribution is -1.98. The smallest absolute Gasteiger partial charge is 0.0546 e. The number of rotatable bonds is 1. The summed E-state index contributed by atoms with van der Waals surface area (Å²) in [6, 6.07) is 4.26. The molecule has 1 fully saturated rings. The number of thiophene rings is 1. The molecular formula is C9H12OS. The zero-order valence-corrected chi connectivity index (χ0v) is 7.18. The summed E-state index contributed by atoms with van der Waals surface area (Å²) in [5.74, 6) is 0.644. The molecule has 1 heterocycles. The minimum atomic E-state index is -0.0397. The zero-order chi connectivity index (χ0) is 7.68. The quantitative estimate of drug-likeness (QED) is 0.682. The zero-order valence-electron chi connectivity index (χ0n) is 6.36. The van der Waals surface area contributed by atoms with Gasteiger partial charge in [0.15, 0.2) is 0 Å². The van der Waals surface area contributed by atoms with E-state index in [4.69, 9.17) is 0 Å². The monoisotopic (exact) mass is 168 g/mol. The van der Waals surface area contributed by atoms with Crippen molar-refractivity contribution in [3.05, 3.63) is 22.4 Å². The second-order valence-electron chi connectivity index (χ2n) is 3.18. The highest BCUT2D eigenvalue weighted by molar-refractivity contribution is 7.10. The molecule has 60 valence electrons. The molecule has 0 aliphatic heterocycles. The first-order valence-corrected chi connectivity index (χ1v) is 4.95. The van der Waals surface area contributed by atoms with Gasteiger partial charge in [-0.05, 0) is 36.6 Å². The van der Waals surface area contributed by atoms with E-state index in [0.29, 0.717) is 5.92 Å². The van der Waals surface area contributed by atoms with Crippen LogP contribution in [0.15, 0.2) is 17.5 Å². The third-order valence-electron chi connectivity index (χ3n) is 2.35. The average Bonchev–Trinajstić information content (AvgIpc) is 2.55. The van der Waals surface area contributed by atoms with E-state index in [0.717, 1.165) is 12.8 Å². The van der Waals surface area contributed by atoms with Crippen molar-refractivity contribution in [2.75, 3.05) is 0 Å². The van der Waals surface area contributed by atoms with Gasteiger partial charge in [-0.1, -0.05) is 6.07 Å². The Hall–Kier alpha value is -0.340. The third-order valence-corrected chi connectivity index (χ3v) is 3.39. The first kappa shape index (κ1) is 7.32. The molecule has 2 unspecified atom stereocenters. The third kappa shape index (κ3) is 1.47. The lowest BCUT2D eigenvalue weighted by molar-refractivity contribution is 0.181. The summed E-state index contributed by atoms with van der Waals surface area (Å²) in [6.45, 7) is 0. The molecule has 1 aliphatic rings. The van der Waals surface area contributed by atoms with Crippen LogP contribution in [0.1, 0.15) is 30.1 Å². The Kier molecular flexibility index (Phi) is 1.96. The van der Waals surface area contributed by atoms with Crippen molar-refractivity contribution in [1.29, 1.82) is 0 Å². The number of aliphatic hydroxyl groups is 1. The minimum absolute atomic E-state index is 0.0397. The lowest BCUT2D eigenvalue weighted by atomic mass is 10.1. The van der Waals surface area contributed by atoms with E-state index in [9.17, 15) is 5.11 Å². The molecule has 1 N–H and O–H groups in total. The highest BCUT2D eigenvalue weighted by atomic mass is 32.1. The van der Waals surface area contributed by atoms with E-state index in [2.05, 4.69) is 17.5 Å². The molecule has 1 aliphatic carbocycles. The Balaban J connectivity index is 2.08. The van der Waals surface area contributed by atoms with E-state index >= 15 is 0 Å². The van der Waals surface area contributed by atoms with Crippen molar-refractivity contribution in [3.63, 3.8) is 0 Å². The van der Waals surface area contributed by atoms with Crippen LogP contribution in [0.5, 0.6) is 0 Å². The number of hydrogen-bond acceptors (Lipinski definition) is 2. The van der Waals surface area contributed by atoms with Crippen LogP contribution >= 0.6 is 11.3 Å². The summed E-state index contributed by atoms with van der Waals surface area (Å²) in [5, 5.41) is 11.4. The van der Waals surface area contributed by atoms with Crippen molar-refractivity contribution in [2.45, 2.75) is 31.3 Å². The topological polar surface area (TPSA) is 20.2 Å². The predicted octanol–water partition coefficient (Wildman–Crippen LogP) is 2.38. The first-order valence-electron chi connectivity index (χ1n) is 4.08. The molecule has 1 aromatic rings. The van der Waals surface area contributed by atoms with Crippen molar-refractivity contribution >= 4 is 11.3 Å². The number of aliphatic hydroxyl groups excluding tert-OH is 1. The van der Waals surface area contributed by atoms with Gasteiger partial charge in [0.1, 0.15) is 0 Å².